The van der Waals surface area contributed by atoms with E-state index in [0.717, 1.165) is 42.4 Å². The fourth-order valence-electron chi connectivity index (χ4n) is 8.71. The molecule has 4 aliphatic carbocycles. The SMILES string of the molecule is C[C@]12CCC(O)CC1CCC1C2CC[C@@]2(C)C1CC[C@@H]2CCc1cccnc1. The molecule has 4 fully saturated rings. The van der Waals surface area contributed by atoms with E-state index >= 15 is 0 Å². The molecule has 5 unspecified atom stereocenters. The molecule has 1 heterocycles. The molecule has 0 aliphatic heterocycles. The zero-order chi connectivity index (χ0) is 19.4. The van der Waals surface area contributed by atoms with Gasteiger partial charge in [-0.2, -0.15) is 0 Å². The van der Waals surface area contributed by atoms with Gasteiger partial charge in [0.25, 0.3) is 0 Å². The molecule has 154 valence electrons. The summed E-state index contributed by atoms with van der Waals surface area (Å²) in [5.74, 6) is 4.52. The van der Waals surface area contributed by atoms with Crippen LogP contribution in [-0.4, -0.2) is 16.2 Å². The van der Waals surface area contributed by atoms with Crippen LogP contribution in [0.5, 0.6) is 0 Å². The molecule has 1 aromatic heterocycles. The summed E-state index contributed by atoms with van der Waals surface area (Å²) in [7, 11) is 0. The molecule has 4 aliphatic rings. The van der Waals surface area contributed by atoms with Gasteiger partial charge in [-0.1, -0.05) is 19.9 Å². The molecule has 1 aromatic rings. The molecular formula is C26H39NO. The van der Waals surface area contributed by atoms with Gasteiger partial charge < -0.3 is 5.11 Å². The average molecular weight is 382 g/mol. The van der Waals surface area contributed by atoms with Crippen molar-refractivity contribution in [1.29, 1.82) is 0 Å². The second-order valence-electron chi connectivity index (χ2n) is 11.3. The van der Waals surface area contributed by atoms with Gasteiger partial charge in [0.15, 0.2) is 0 Å². The van der Waals surface area contributed by atoms with Gasteiger partial charge in [0.05, 0.1) is 6.10 Å². The third-order valence-electron chi connectivity index (χ3n) is 10.3. The summed E-state index contributed by atoms with van der Waals surface area (Å²) in [6.45, 7) is 5.27. The smallest absolute Gasteiger partial charge is 0.0543 e. The van der Waals surface area contributed by atoms with Crippen LogP contribution in [-0.2, 0) is 6.42 Å². The maximum atomic E-state index is 10.2. The summed E-state index contributed by atoms with van der Waals surface area (Å²) in [4.78, 5) is 4.32. The van der Waals surface area contributed by atoms with Crippen molar-refractivity contribution in [3.05, 3.63) is 30.1 Å². The number of pyridine rings is 1. The molecule has 5 rings (SSSR count). The molecule has 8 atom stereocenters. The van der Waals surface area contributed by atoms with E-state index < -0.39 is 0 Å². The standard InChI is InChI=1S/C26H39NO/c1-25-14-12-24-22(9-7-20-16-21(28)11-13-26(20,24)2)23(25)10-8-19(25)6-5-18-4-3-15-27-17-18/h3-4,15,17,19-24,28H,5-14,16H2,1-2H3/t19-,20?,21?,22?,23?,24?,25+,26-/m0/s1. The highest BCUT2D eigenvalue weighted by Gasteiger charge is 2.59. The minimum atomic E-state index is -0.0215. The lowest BCUT2D eigenvalue weighted by Crippen LogP contribution is -2.53. The number of hydrogen-bond acceptors (Lipinski definition) is 2. The number of aliphatic hydroxyl groups is 1. The molecule has 0 aromatic carbocycles. The summed E-state index contributed by atoms with van der Waals surface area (Å²) < 4.78 is 0. The van der Waals surface area contributed by atoms with E-state index in [4.69, 9.17) is 0 Å². The van der Waals surface area contributed by atoms with E-state index in [0.29, 0.717) is 10.8 Å². The van der Waals surface area contributed by atoms with Crippen LogP contribution in [0.3, 0.4) is 0 Å². The fourth-order valence-corrected chi connectivity index (χ4v) is 8.71. The van der Waals surface area contributed by atoms with E-state index in [1.54, 1.807) is 0 Å². The second-order valence-corrected chi connectivity index (χ2v) is 11.3. The van der Waals surface area contributed by atoms with Gasteiger partial charge in [-0.25, -0.2) is 0 Å². The van der Waals surface area contributed by atoms with Gasteiger partial charge in [0, 0.05) is 12.4 Å². The first kappa shape index (κ1) is 19.1. The Morgan fingerprint density at radius 3 is 2.64 bits per heavy atom. The third-order valence-corrected chi connectivity index (χ3v) is 10.3. The number of nitrogens with zero attached hydrogens (tertiary/aromatic N) is 1. The molecule has 0 amide bonds. The van der Waals surface area contributed by atoms with Crippen molar-refractivity contribution in [2.24, 2.45) is 40.4 Å². The fraction of sp³-hybridized carbons (Fsp3) is 0.808. The molecule has 0 saturated heterocycles. The van der Waals surface area contributed by atoms with Crippen molar-refractivity contribution in [3.63, 3.8) is 0 Å². The summed E-state index contributed by atoms with van der Waals surface area (Å²) in [5.41, 5.74) is 2.50. The van der Waals surface area contributed by atoms with Crippen LogP contribution in [0, 0.1) is 40.4 Å². The normalized spacial score (nSPS) is 47.8. The molecule has 0 bridgehead atoms. The van der Waals surface area contributed by atoms with E-state index in [1.165, 1.54) is 63.4 Å². The van der Waals surface area contributed by atoms with Gasteiger partial charge in [0.1, 0.15) is 0 Å². The van der Waals surface area contributed by atoms with E-state index in [2.05, 4.69) is 37.2 Å². The Bertz CT molecular complexity index is 689. The molecule has 2 nitrogen and oxygen atoms in total. The van der Waals surface area contributed by atoms with Crippen molar-refractivity contribution >= 4 is 0 Å². The minimum Gasteiger partial charge on any atom is -0.393 e. The Labute approximate surface area is 171 Å². The first-order valence-corrected chi connectivity index (χ1v) is 12.1. The zero-order valence-electron chi connectivity index (χ0n) is 17.9. The largest absolute Gasteiger partial charge is 0.393 e. The number of aliphatic hydroxyl groups excluding tert-OH is 1. The highest BCUT2D eigenvalue weighted by Crippen LogP contribution is 2.67. The number of aryl methyl sites for hydroxylation is 1. The van der Waals surface area contributed by atoms with Crippen LogP contribution in [0.4, 0.5) is 0 Å². The Morgan fingerprint density at radius 2 is 1.82 bits per heavy atom. The van der Waals surface area contributed by atoms with Crippen LogP contribution in [0.1, 0.15) is 83.6 Å². The quantitative estimate of drug-likeness (QED) is 0.693. The van der Waals surface area contributed by atoms with Crippen molar-refractivity contribution in [3.8, 4) is 0 Å². The third kappa shape index (κ3) is 2.97. The topological polar surface area (TPSA) is 33.1 Å². The lowest BCUT2D eigenvalue weighted by Gasteiger charge is -2.61. The zero-order valence-corrected chi connectivity index (χ0v) is 17.9. The lowest BCUT2D eigenvalue weighted by atomic mass is 9.44. The Balaban J connectivity index is 1.31. The van der Waals surface area contributed by atoms with Gasteiger partial charge >= 0.3 is 0 Å². The highest BCUT2D eigenvalue weighted by molar-refractivity contribution is 5.12. The predicted molar refractivity (Wildman–Crippen MR) is 114 cm³/mol. The molecule has 2 heteroatoms. The maximum Gasteiger partial charge on any atom is 0.0543 e. The molecular weight excluding hydrogens is 342 g/mol. The summed E-state index contributed by atoms with van der Waals surface area (Å²) in [6, 6.07) is 4.33. The van der Waals surface area contributed by atoms with Crippen LogP contribution in [0.15, 0.2) is 24.5 Å². The highest BCUT2D eigenvalue weighted by atomic mass is 16.3. The molecule has 0 radical (unpaired) electrons. The van der Waals surface area contributed by atoms with Crippen LogP contribution >= 0.6 is 0 Å². The van der Waals surface area contributed by atoms with Crippen LogP contribution in [0.2, 0.25) is 0 Å². The Morgan fingerprint density at radius 1 is 1.00 bits per heavy atom. The van der Waals surface area contributed by atoms with Crippen molar-refractivity contribution < 1.29 is 5.11 Å². The van der Waals surface area contributed by atoms with Crippen molar-refractivity contribution in [1.82, 2.24) is 4.98 Å². The Hall–Kier alpha value is -0.890. The number of hydrogen-bond donors (Lipinski definition) is 1. The number of aromatic nitrogens is 1. The van der Waals surface area contributed by atoms with E-state index in [-0.39, 0.29) is 6.10 Å². The van der Waals surface area contributed by atoms with E-state index in [1.807, 2.05) is 6.20 Å². The van der Waals surface area contributed by atoms with E-state index in [9.17, 15) is 5.11 Å². The van der Waals surface area contributed by atoms with Crippen molar-refractivity contribution in [2.45, 2.75) is 90.6 Å². The van der Waals surface area contributed by atoms with Gasteiger partial charge in [-0.05, 0) is 123 Å². The van der Waals surface area contributed by atoms with Gasteiger partial charge in [-0.3, -0.25) is 4.98 Å². The molecule has 28 heavy (non-hydrogen) atoms. The monoisotopic (exact) mass is 381 g/mol. The average Bonchev–Trinajstić information content (AvgIpc) is 3.04. The minimum absolute atomic E-state index is 0.0215. The maximum absolute atomic E-state index is 10.2. The molecule has 0 spiro atoms. The number of fused-ring (bicyclic) bond motifs is 5. The molecule has 4 saturated carbocycles. The first-order valence-electron chi connectivity index (χ1n) is 12.1. The first-order chi connectivity index (χ1) is 13.5. The van der Waals surface area contributed by atoms with Crippen LogP contribution < -0.4 is 0 Å². The van der Waals surface area contributed by atoms with Crippen molar-refractivity contribution in [2.75, 3.05) is 0 Å². The Kier molecular flexibility index (Phi) is 4.85. The second kappa shape index (κ2) is 7.11. The molecule has 1 N–H and O–H groups in total. The van der Waals surface area contributed by atoms with Gasteiger partial charge in [-0.15, -0.1) is 0 Å². The predicted octanol–water partition coefficient (Wildman–Crippen LogP) is 6.03. The number of rotatable bonds is 3. The van der Waals surface area contributed by atoms with Crippen LogP contribution in [0.25, 0.3) is 0 Å². The van der Waals surface area contributed by atoms with Gasteiger partial charge in [0.2, 0.25) is 0 Å². The summed E-state index contributed by atoms with van der Waals surface area (Å²) in [6.07, 6.45) is 18.5. The summed E-state index contributed by atoms with van der Waals surface area (Å²) in [5, 5.41) is 10.2. The summed E-state index contributed by atoms with van der Waals surface area (Å²) >= 11 is 0. The lowest BCUT2D eigenvalue weighted by molar-refractivity contribution is -0.126.